The molecule has 2 amide bonds. The number of nitrogens with zero attached hydrogens (tertiary/aromatic N) is 3. The molecule has 35 heavy (non-hydrogen) atoms. The van der Waals surface area contributed by atoms with Gasteiger partial charge in [0.2, 0.25) is 21.8 Å². The first-order valence-corrected chi connectivity index (χ1v) is 12.3. The molecule has 1 aliphatic heterocycles. The van der Waals surface area contributed by atoms with Crippen LogP contribution in [0.4, 0.5) is 0 Å². The molecule has 0 spiro atoms. The number of carbonyl (C=O) groups excluding carboxylic acids is 3. The number of nitrogens with one attached hydrogen (secondary N) is 1. The van der Waals surface area contributed by atoms with E-state index >= 15 is 0 Å². The third kappa shape index (κ3) is 6.41. The fourth-order valence-electron chi connectivity index (χ4n) is 3.81. The molecule has 12 heteroatoms. The zero-order valence-electron chi connectivity index (χ0n) is 19.5. The topological polar surface area (TPSA) is 135 Å². The van der Waals surface area contributed by atoms with Crippen LogP contribution in [0.1, 0.15) is 5.56 Å². The molecule has 0 aliphatic carbocycles. The lowest BCUT2D eigenvalue weighted by Crippen LogP contribution is -2.63. The van der Waals surface area contributed by atoms with Gasteiger partial charge in [-0.05, 0) is 23.8 Å². The average Bonchev–Trinajstić information content (AvgIpc) is 2.88. The summed E-state index contributed by atoms with van der Waals surface area (Å²) in [6.45, 7) is -0.560. The van der Waals surface area contributed by atoms with E-state index in [2.05, 4.69) is 10.3 Å². The summed E-state index contributed by atoms with van der Waals surface area (Å²) in [5.74, 6) is -1.82. The Labute approximate surface area is 204 Å². The van der Waals surface area contributed by atoms with Gasteiger partial charge in [0.05, 0.1) is 12.0 Å². The molecule has 11 nitrogen and oxygen atoms in total. The van der Waals surface area contributed by atoms with Gasteiger partial charge in [0, 0.05) is 45.6 Å². The number of sulfonamides is 1. The molecule has 2 heterocycles. The van der Waals surface area contributed by atoms with Crippen molar-refractivity contribution in [2.45, 2.75) is 23.4 Å². The van der Waals surface area contributed by atoms with Gasteiger partial charge >= 0.3 is 5.97 Å². The fraction of sp³-hybridized carbons (Fsp3) is 0.391. The maximum Gasteiger partial charge on any atom is 0.328 e. The Morgan fingerprint density at radius 2 is 1.86 bits per heavy atom. The lowest BCUT2D eigenvalue weighted by molar-refractivity contribution is -0.149. The van der Waals surface area contributed by atoms with Gasteiger partial charge < -0.3 is 19.7 Å². The summed E-state index contributed by atoms with van der Waals surface area (Å²) in [6.07, 6.45) is 3.25. The first-order valence-electron chi connectivity index (χ1n) is 10.9. The quantitative estimate of drug-likeness (QED) is 0.465. The molecule has 2 aromatic rings. The fourth-order valence-corrected chi connectivity index (χ4v) is 5.26. The van der Waals surface area contributed by atoms with Crippen LogP contribution >= 0.6 is 0 Å². The van der Waals surface area contributed by atoms with E-state index in [1.54, 1.807) is 42.7 Å². The molecule has 0 saturated carbocycles. The number of benzene rings is 1. The number of esters is 1. The number of carbonyl (C=O) groups is 3. The number of piperazine rings is 1. The number of hydrogen-bond acceptors (Lipinski definition) is 8. The second-order valence-electron chi connectivity index (χ2n) is 7.86. The molecule has 188 valence electrons. The molecule has 1 saturated heterocycles. The third-order valence-electron chi connectivity index (χ3n) is 5.58. The maximum atomic E-state index is 13.4. The van der Waals surface area contributed by atoms with E-state index in [0.29, 0.717) is 5.56 Å². The van der Waals surface area contributed by atoms with E-state index in [4.69, 9.17) is 9.47 Å². The van der Waals surface area contributed by atoms with Gasteiger partial charge in [-0.3, -0.25) is 14.6 Å². The monoisotopic (exact) mass is 504 g/mol. The Morgan fingerprint density at radius 3 is 2.49 bits per heavy atom. The van der Waals surface area contributed by atoms with Crippen molar-refractivity contribution in [1.29, 1.82) is 0 Å². The van der Waals surface area contributed by atoms with Crippen molar-refractivity contribution in [2.75, 3.05) is 40.5 Å². The lowest BCUT2D eigenvalue weighted by atomic mass is 10.1. The molecule has 0 bridgehead atoms. The molecule has 1 fully saturated rings. The number of hydrogen-bond donors (Lipinski definition) is 1. The molecule has 1 aliphatic rings. The van der Waals surface area contributed by atoms with E-state index in [0.717, 1.165) is 4.31 Å². The van der Waals surface area contributed by atoms with Gasteiger partial charge in [-0.25, -0.2) is 13.2 Å². The van der Waals surface area contributed by atoms with Crippen molar-refractivity contribution in [3.63, 3.8) is 0 Å². The highest BCUT2D eigenvalue weighted by Gasteiger charge is 2.40. The zero-order valence-corrected chi connectivity index (χ0v) is 20.3. The van der Waals surface area contributed by atoms with Gasteiger partial charge in [0.25, 0.3) is 0 Å². The van der Waals surface area contributed by atoms with E-state index in [1.165, 1.54) is 31.3 Å². The van der Waals surface area contributed by atoms with Crippen LogP contribution < -0.4 is 5.32 Å². The normalized spacial score (nSPS) is 17.4. The summed E-state index contributed by atoms with van der Waals surface area (Å²) < 4.78 is 37.3. The van der Waals surface area contributed by atoms with Crippen LogP contribution in [0.3, 0.4) is 0 Å². The number of rotatable bonds is 9. The number of amides is 2. The Morgan fingerprint density at radius 1 is 1.11 bits per heavy atom. The Bertz CT molecular complexity index is 1130. The molecular formula is C23H28N4O7S. The van der Waals surface area contributed by atoms with Gasteiger partial charge in [0.1, 0.15) is 18.7 Å². The molecule has 1 N–H and O–H groups in total. The highest BCUT2D eigenvalue weighted by Crippen LogP contribution is 2.21. The second kappa shape index (κ2) is 11.9. The molecule has 1 aromatic heterocycles. The zero-order chi connectivity index (χ0) is 25.4. The number of methoxy groups -OCH3 is 2. The SMILES string of the molecule is COCC(=O)N1CCN(S(=O)(=O)c2ccccc2)CC1C(=O)NC(Cc1cccnc1)C(=O)OC. The van der Waals surface area contributed by atoms with Crippen LogP contribution in [-0.4, -0.2) is 92.9 Å². The van der Waals surface area contributed by atoms with Crippen molar-refractivity contribution in [3.8, 4) is 0 Å². The molecule has 1 aromatic carbocycles. The van der Waals surface area contributed by atoms with Crippen LogP contribution in [0.15, 0.2) is 59.8 Å². The summed E-state index contributed by atoms with van der Waals surface area (Å²) in [7, 11) is -1.35. The van der Waals surface area contributed by atoms with Gasteiger partial charge in [-0.2, -0.15) is 4.31 Å². The first kappa shape index (κ1) is 26.3. The predicted molar refractivity (Wildman–Crippen MR) is 124 cm³/mol. The minimum Gasteiger partial charge on any atom is -0.467 e. The smallest absolute Gasteiger partial charge is 0.328 e. The summed E-state index contributed by atoms with van der Waals surface area (Å²) in [6, 6.07) is 9.06. The van der Waals surface area contributed by atoms with Crippen molar-refractivity contribution in [1.82, 2.24) is 19.5 Å². The maximum absolute atomic E-state index is 13.4. The standard InChI is InChI=1S/C23H28N4O7S/c1-33-16-21(28)27-12-11-26(35(31,32)18-8-4-3-5-9-18)15-20(27)22(29)25-19(23(30)34-2)13-17-7-6-10-24-14-17/h3-10,14,19-20H,11-13,15-16H2,1-2H3,(H,25,29). The van der Waals surface area contributed by atoms with Crippen molar-refractivity contribution in [2.24, 2.45) is 0 Å². The van der Waals surface area contributed by atoms with E-state index in [9.17, 15) is 22.8 Å². The minimum absolute atomic E-state index is 0.00652. The van der Waals surface area contributed by atoms with Crippen LogP contribution in [0, 0.1) is 0 Å². The molecule has 2 atom stereocenters. The van der Waals surface area contributed by atoms with E-state index < -0.39 is 39.9 Å². The predicted octanol–water partition coefficient (Wildman–Crippen LogP) is -0.170. The van der Waals surface area contributed by atoms with Crippen molar-refractivity contribution in [3.05, 3.63) is 60.4 Å². The highest BCUT2D eigenvalue weighted by molar-refractivity contribution is 7.89. The largest absolute Gasteiger partial charge is 0.467 e. The molecule has 0 radical (unpaired) electrons. The van der Waals surface area contributed by atoms with Crippen molar-refractivity contribution < 1.29 is 32.3 Å². The summed E-state index contributed by atoms with van der Waals surface area (Å²) in [5, 5.41) is 2.63. The van der Waals surface area contributed by atoms with Gasteiger partial charge in [0.15, 0.2) is 0 Å². The average molecular weight is 505 g/mol. The van der Waals surface area contributed by atoms with Gasteiger partial charge in [-0.15, -0.1) is 0 Å². The Hall–Kier alpha value is -3.35. The highest BCUT2D eigenvalue weighted by atomic mass is 32.2. The third-order valence-corrected chi connectivity index (χ3v) is 7.46. The Kier molecular flexibility index (Phi) is 8.90. The minimum atomic E-state index is -3.90. The second-order valence-corrected chi connectivity index (χ2v) is 9.80. The molecule has 3 rings (SSSR count). The van der Waals surface area contributed by atoms with E-state index in [1.807, 2.05) is 0 Å². The van der Waals surface area contributed by atoms with Crippen molar-refractivity contribution >= 4 is 27.8 Å². The van der Waals surface area contributed by atoms with Gasteiger partial charge in [-0.1, -0.05) is 24.3 Å². The lowest BCUT2D eigenvalue weighted by Gasteiger charge is -2.40. The summed E-state index contributed by atoms with van der Waals surface area (Å²) in [4.78, 5) is 43.8. The van der Waals surface area contributed by atoms with E-state index in [-0.39, 0.29) is 37.6 Å². The van der Waals surface area contributed by atoms with Crippen LogP contribution in [-0.2, 0) is 40.3 Å². The number of aromatic nitrogens is 1. The Balaban J connectivity index is 1.85. The van der Waals surface area contributed by atoms with Crippen LogP contribution in [0.2, 0.25) is 0 Å². The molecular weight excluding hydrogens is 476 g/mol. The first-order chi connectivity index (χ1) is 16.8. The summed E-state index contributed by atoms with van der Waals surface area (Å²) in [5.41, 5.74) is 0.687. The summed E-state index contributed by atoms with van der Waals surface area (Å²) >= 11 is 0. The van der Waals surface area contributed by atoms with Crippen LogP contribution in [0.5, 0.6) is 0 Å². The number of ether oxygens (including phenoxy) is 2. The molecule has 2 unspecified atom stereocenters. The van der Waals surface area contributed by atoms with Crippen LogP contribution in [0.25, 0.3) is 0 Å². The number of pyridine rings is 1.